The van der Waals surface area contributed by atoms with Crippen LogP contribution in [0.2, 0.25) is 0 Å². The highest BCUT2D eigenvalue weighted by molar-refractivity contribution is 7.39. The highest BCUT2D eigenvalue weighted by Crippen LogP contribution is 2.27. The normalized spacial score (nSPS) is 12.8. The number of ether oxygens (including phenoxy) is 1. The van der Waals surface area contributed by atoms with Crippen LogP contribution in [0.5, 0.6) is 5.75 Å². The average Bonchev–Trinajstić information content (AvgIpc) is 2.91. The zero-order valence-corrected chi connectivity index (χ0v) is 25.0. The van der Waals surface area contributed by atoms with Crippen LogP contribution in [0.25, 0.3) is 0 Å². The van der Waals surface area contributed by atoms with Gasteiger partial charge in [-0.15, -0.1) is 0 Å². The Morgan fingerprint density at radius 1 is 0.625 bits per heavy atom. The molecular formula is C21H34N2O13P4. The van der Waals surface area contributed by atoms with Gasteiger partial charge in [0.05, 0.1) is 0 Å². The maximum Gasteiger partial charge on any atom is 0.328 e. The van der Waals surface area contributed by atoms with Crippen molar-refractivity contribution < 1.29 is 61.7 Å². The molecule has 0 aliphatic heterocycles. The molecule has 0 spiro atoms. The van der Waals surface area contributed by atoms with E-state index in [4.69, 9.17) is 57.1 Å². The molecule has 0 aliphatic carbocycles. The smallest absolute Gasteiger partial charge is 0.328 e. The topological polar surface area (TPSA) is 211 Å². The zero-order chi connectivity index (χ0) is 29.3. The minimum Gasteiger partial charge on any atom is -0.489 e. The maximum atomic E-state index is 10.8. The van der Waals surface area contributed by atoms with Crippen molar-refractivity contribution in [1.29, 1.82) is 0 Å². The molecule has 0 heterocycles. The molecule has 0 saturated carbocycles. The van der Waals surface area contributed by atoms with Crippen molar-refractivity contribution >= 4 is 34.1 Å². The molecule has 0 aromatic heterocycles. The number of hydrogen-bond acceptors (Lipinski definition) is 14. The van der Waals surface area contributed by atoms with Gasteiger partial charge in [0.15, 0.2) is 0 Å². The van der Waals surface area contributed by atoms with Crippen molar-refractivity contribution in [1.82, 2.24) is 9.80 Å². The average molecular weight is 646 g/mol. The quantitative estimate of drug-likeness (QED) is 0.0762. The fourth-order valence-electron chi connectivity index (χ4n) is 3.17. The van der Waals surface area contributed by atoms with E-state index in [-0.39, 0.29) is 26.9 Å². The Labute approximate surface area is 236 Å². The minimum absolute atomic E-state index is 0.144. The van der Waals surface area contributed by atoms with Crippen LogP contribution in [-0.2, 0) is 42.1 Å². The van der Waals surface area contributed by atoms with E-state index in [9.17, 15) is 4.57 Å². The Bertz CT molecular complexity index is 962. The van der Waals surface area contributed by atoms with Crippen LogP contribution in [0.1, 0.15) is 16.7 Å². The third kappa shape index (κ3) is 16.6. The third-order valence-corrected chi connectivity index (χ3v) is 6.64. The molecule has 0 radical (unpaired) electrons. The van der Waals surface area contributed by atoms with E-state index in [1.165, 1.54) is 4.90 Å². The Kier molecular flexibility index (Phi) is 17.9. The predicted octanol–water partition coefficient (Wildman–Crippen LogP) is 1.87. The van der Waals surface area contributed by atoms with Crippen LogP contribution >= 0.6 is 34.1 Å². The lowest BCUT2D eigenvalue weighted by atomic mass is 10.1. The molecule has 0 amide bonds. The van der Waals surface area contributed by atoms with Gasteiger partial charge in [0.25, 0.3) is 0 Å². The Balaban J connectivity index is 1.79. The first kappa shape index (κ1) is 35.4. The van der Waals surface area contributed by atoms with E-state index in [1.54, 1.807) is 4.90 Å². The number of nitrogens with zero attached hydrogens (tertiary/aromatic N) is 2. The first-order chi connectivity index (χ1) is 19.1. The van der Waals surface area contributed by atoms with Crippen LogP contribution in [0.3, 0.4) is 0 Å². The Hall–Kier alpha value is -0.760. The van der Waals surface area contributed by atoms with Crippen molar-refractivity contribution in [2.45, 2.75) is 19.4 Å². The van der Waals surface area contributed by atoms with Crippen molar-refractivity contribution in [3.63, 3.8) is 0 Å². The monoisotopic (exact) mass is 646 g/mol. The van der Waals surface area contributed by atoms with E-state index in [2.05, 4.69) is 0 Å². The van der Waals surface area contributed by atoms with E-state index in [1.807, 2.05) is 48.5 Å². The summed E-state index contributed by atoms with van der Waals surface area (Å²) in [6, 6.07) is 15.1. The lowest BCUT2D eigenvalue weighted by molar-refractivity contribution is 0.0428. The second kappa shape index (κ2) is 20.2. The lowest BCUT2D eigenvalue weighted by Crippen LogP contribution is -2.30. The summed E-state index contributed by atoms with van der Waals surface area (Å²) in [5.41, 5.74) is 2.90. The van der Waals surface area contributed by atoms with Crippen molar-refractivity contribution in [2.24, 2.45) is 0 Å². The third-order valence-electron chi connectivity index (χ3n) is 5.22. The van der Waals surface area contributed by atoms with Gasteiger partial charge >= 0.3 is 34.1 Å². The Morgan fingerprint density at radius 3 is 1.45 bits per heavy atom. The summed E-state index contributed by atoms with van der Waals surface area (Å²) < 4.78 is 35.7. The van der Waals surface area contributed by atoms with E-state index >= 15 is 0 Å². The molecule has 2 aromatic rings. The summed E-state index contributed by atoms with van der Waals surface area (Å²) >= 11 is 0. The van der Waals surface area contributed by atoms with E-state index < -0.39 is 34.1 Å². The minimum atomic E-state index is -3.13. The van der Waals surface area contributed by atoms with Gasteiger partial charge in [-0.05, 0) is 41.7 Å². The van der Waals surface area contributed by atoms with Crippen LogP contribution in [0.15, 0.2) is 48.5 Å². The number of rotatable bonds is 21. The fraction of sp³-hybridized carbons (Fsp3) is 0.429. The van der Waals surface area contributed by atoms with E-state index in [0.29, 0.717) is 38.3 Å². The standard InChI is InChI=1S/C21H34N2O13P4/c24-37(25)33-14-22(15-34-38(26)27)11-9-18-1-3-20(4-2-18)13-32-21-7-5-19(6-8-21)10-12-23(16-35-39(28)29)17-36-40(30)31/h1-8,24-29,40H,9-17H2,(H,30,31). The summed E-state index contributed by atoms with van der Waals surface area (Å²) in [6.45, 7) is 0.493. The number of benzene rings is 2. The molecule has 226 valence electrons. The summed E-state index contributed by atoms with van der Waals surface area (Å²) in [5.74, 6) is 0.664. The molecule has 0 saturated heterocycles. The van der Waals surface area contributed by atoms with Crippen LogP contribution in [0, 0.1) is 0 Å². The predicted molar refractivity (Wildman–Crippen MR) is 147 cm³/mol. The van der Waals surface area contributed by atoms with Crippen molar-refractivity contribution in [2.75, 3.05) is 40.0 Å². The van der Waals surface area contributed by atoms with Gasteiger partial charge in [-0.3, -0.25) is 32.5 Å². The second-order valence-corrected chi connectivity index (χ2v) is 11.2. The van der Waals surface area contributed by atoms with Gasteiger partial charge in [0.2, 0.25) is 0 Å². The fourth-order valence-corrected chi connectivity index (χ4v) is 4.27. The summed E-state index contributed by atoms with van der Waals surface area (Å²) in [4.78, 5) is 65.5. The van der Waals surface area contributed by atoms with Crippen molar-refractivity contribution in [3.8, 4) is 5.75 Å². The van der Waals surface area contributed by atoms with Gasteiger partial charge in [-0.25, -0.2) is 0 Å². The van der Waals surface area contributed by atoms with Gasteiger partial charge < -0.3 is 39.0 Å². The highest BCUT2D eigenvalue weighted by atomic mass is 31.2. The maximum absolute atomic E-state index is 10.8. The van der Waals surface area contributed by atoms with Gasteiger partial charge in [-0.1, -0.05) is 36.4 Å². The first-order valence-electron chi connectivity index (χ1n) is 11.6. The lowest BCUT2D eigenvalue weighted by Gasteiger charge is -2.22. The largest absolute Gasteiger partial charge is 0.489 e. The first-order valence-corrected chi connectivity index (χ1v) is 16.4. The molecule has 2 rings (SSSR count). The molecule has 7 N–H and O–H groups in total. The molecule has 0 fully saturated rings. The van der Waals surface area contributed by atoms with Gasteiger partial charge in [-0.2, -0.15) is 0 Å². The van der Waals surface area contributed by atoms with Crippen LogP contribution in [-0.4, -0.2) is 84.1 Å². The van der Waals surface area contributed by atoms with Crippen molar-refractivity contribution in [3.05, 3.63) is 65.2 Å². The number of hydrogen-bond donors (Lipinski definition) is 7. The summed E-state index contributed by atoms with van der Waals surface area (Å²) in [7, 11) is -10.8. The van der Waals surface area contributed by atoms with Crippen LogP contribution in [0.4, 0.5) is 0 Å². The second-order valence-electron chi connectivity index (χ2n) is 8.11. The molecule has 2 aromatic carbocycles. The van der Waals surface area contributed by atoms with E-state index in [0.717, 1.165) is 16.7 Å². The zero-order valence-electron chi connectivity index (χ0n) is 21.3. The molecule has 1 atom stereocenters. The molecule has 40 heavy (non-hydrogen) atoms. The molecule has 15 nitrogen and oxygen atoms in total. The summed E-state index contributed by atoms with van der Waals surface area (Å²) in [5, 5.41) is 0. The summed E-state index contributed by atoms with van der Waals surface area (Å²) in [6.07, 6.45) is 1.13. The SMILES string of the molecule is O=[PH](O)OCN(CCc1ccc(OCc2ccc(CCN(COP(O)O)COP(O)O)cc2)cc1)COP(O)O. The molecule has 1 unspecified atom stereocenters. The Morgan fingerprint density at radius 2 is 1.02 bits per heavy atom. The molecular weight excluding hydrogens is 612 g/mol. The molecule has 0 bridgehead atoms. The molecule has 19 heteroatoms. The van der Waals surface area contributed by atoms with Gasteiger partial charge in [0, 0.05) is 13.1 Å². The van der Waals surface area contributed by atoms with Gasteiger partial charge in [0.1, 0.15) is 39.3 Å². The highest BCUT2D eigenvalue weighted by Gasteiger charge is 2.12. The molecule has 0 aliphatic rings. The van der Waals surface area contributed by atoms with Crippen LogP contribution < -0.4 is 4.74 Å².